The molecule has 0 saturated carbocycles. The third-order valence-electron chi connectivity index (χ3n) is 5.07. The highest BCUT2D eigenvalue weighted by Gasteiger charge is 2.38. The summed E-state index contributed by atoms with van der Waals surface area (Å²) < 4.78 is 82.7. The summed E-state index contributed by atoms with van der Waals surface area (Å²) in [5.41, 5.74) is -0.769. The number of ether oxygens (including phenoxy) is 1. The first-order valence-electron chi connectivity index (χ1n) is 10.2. The standard InChI is InChI=1S/C22H26F4N2O4S/c1-13(2)32-20-14(3)19(27-12-28-20)18(29)7-6-8-21(4,5)33(30,31)17-10-15(22(24,25)26)9-16(23)11-17/h9-13H,6-8H2,1-5H3. The summed E-state index contributed by atoms with van der Waals surface area (Å²) in [6, 6.07) is 1.23. The van der Waals surface area contributed by atoms with Crippen LogP contribution in [0.1, 0.15) is 68.6 Å². The number of aromatic nitrogens is 2. The number of alkyl halides is 3. The van der Waals surface area contributed by atoms with E-state index in [0.717, 1.165) is 0 Å². The topological polar surface area (TPSA) is 86.2 Å². The molecular weight excluding hydrogens is 464 g/mol. The monoisotopic (exact) mass is 490 g/mol. The van der Waals surface area contributed by atoms with Crippen molar-refractivity contribution in [2.45, 2.75) is 75.8 Å². The van der Waals surface area contributed by atoms with Crippen LogP contribution < -0.4 is 4.74 Å². The molecule has 33 heavy (non-hydrogen) atoms. The number of halogens is 4. The molecule has 1 heterocycles. The first kappa shape index (κ1) is 26.7. The van der Waals surface area contributed by atoms with Gasteiger partial charge in [-0.1, -0.05) is 0 Å². The molecule has 1 aromatic carbocycles. The molecule has 0 fully saturated rings. The fourth-order valence-electron chi connectivity index (χ4n) is 3.19. The van der Waals surface area contributed by atoms with E-state index in [0.29, 0.717) is 17.7 Å². The van der Waals surface area contributed by atoms with Gasteiger partial charge in [-0.2, -0.15) is 13.2 Å². The van der Waals surface area contributed by atoms with Gasteiger partial charge < -0.3 is 4.74 Å². The molecule has 0 N–H and O–H groups in total. The predicted molar refractivity (Wildman–Crippen MR) is 113 cm³/mol. The number of rotatable bonds is 9. The summed E-state index contributed by atoms with van der Waals surface area (Å²) in [4.78, 5) is 19.9. The molecule has 11 heteroatoms. The van der Waals surface area contributed by atoms with Gasteiger partial charge in [0.1, 0.15) is 17.8 Å². The van der Waals surface area contributed by atoms with Gasteiger partial charge in [-0.3, -0.25) is 4.79 Å². The van der Waals surface area contributed by atoms with Crippen molar-refractivity contribution in [2.75, 3.05) is 0 Å². The van der Waals surface area contributed by atoms with Crippen LogP contribution in [0.5, 0.6) is 5.88 Å². The van der Waals surface area contributed by atoms with Gasteiger partial charge in [0.05, 0.1) is 21.3 Å². The zero-order valence-corrected chi connectivity index (χ0v) is 19.8. The van der Waals surface area contributed by atoms with Crippen LogP contribution in [0.3, 0.4) is 0 Å². The van der Waals surface area contributed by atoms with Gasteiger partial charge in [-0.25, -0.2) is 22.8 Å². The van der Waals surface area contributed by atoms with E-state index in [2.05, 4.69) is 9.97 Å². The maximum absolute atomic E-state index is 13.7. The number of carbonyl (C=O) groups excluding carboxylic acids is 1. The number of Topliss-reactive ketones (excluding diaryl/α,β-unsaturated/α-hetero) is 1. The molecule has 0 aliphatic heterocycles. The Bertz CT molecular complexity index is 1130. The highest BCUT2D eigenvalue weighted by molar-refractivity contribution is 7.92. The lowest BCUT2D eigenvalue weighted by Gasteiger charge is -2.25. The fraction of sp³-hybridized carbons (Fsp3) is 0.500. The number of carbonyl (C=O) groups is 1. The van der Waals surface area contributed by atoms with Gasteiger partial charge in [-0.15, -0.1) is 0 Å². The highest BCUT2D eigenvalue weighted by Crippen LogP contribution is 2.35. The van der Waals surface area contributed by atoms with Gasteiger partial charge in [0.25, 0.3) is 0 Å². The average Bonchev–Trinajstić information content (AvgIpc) is 2.67. The van der Waals surface area contributed by atoms with Crippen molar-refractivity contribution >= 4 is 15.6 Å². The molecule has 182 valence electrons. The highest BCUT2D eigenvalue weighted by atomic mass is 32.2. The first-order chi connectivity index (χ1) is 15.1. The summed E-state index contributed by atoms with van der Waals surface area (Å²) in [5, 5.41) is 0. The summed E-state index contributed by atoms with van der Waals surface area (Å²) in [6.45, 7) is 7.91. The zero-order valence-electron chi connectivity index (χ0n) is 19.0. The molecule has 0 radical (unpaired) electrons. The van der Waals surface area contributed by atoms with E-state index in [4.69, 9.17) is 4.74 Å². The van der Waals surface area contributed by atoms with Crippen molar-refractivity contribution in [1.29, 1.82) is 0 Å². The van der Waals surface area contributed by atoms with Crippen LogP contribution in [-0.2, 0) is 16.0 Å². The molecule has 2 rings (SSSR count). The van der Waals surface area contributed by atoms with Gasteiger partial charge in [0.15, 0.2) is 15.6 Å². The smallest absolute Gasteiger partial charge is 0.416 e. The van der Waals surface area contributed by atoms with Crippen LogP contribution >= 0.6 is 0 Å². The molecule has 0 spiro atoms. The summed E-state index contributed by atoms with van der Waals surface area (Å²) in [6.07, 6.45) is -3.82. The maximum Gasteiger partial charge on any atom is 0.416 e. The largest absolute Gasteiger partial charge is 0.475 e. The van der Waals surface area contributed by atoms with Crippen molar-refractivity contribution in [2.24, 2.45) is 0 Å². The molecule has 2 aromatic rings. The van der Waals surface area contributed by atoms with E-state index in [-0.39, 0.29) is 48.8 Å². The van der Waals surface area contributed by atoms with Crippen LogP contribution in [0.15, 0.2) is 29.4 Å². The Hall–Kier alpha value is -2.56. The van der Waals surface area contributed by atoms with E-state index < -0.39 is 37.0 Å². The van der Waals surface area contributed by atoms with Crippen molar-refractivity contribution in [3.63, 3.8) is 0 Å². The molecular formula is C22H26F4N2O4S. The van der Waals surface area contributed by atoms with E-state index >= 15 is 0 Å². The quantitative estimate of drug-likeness (QED) is 0.349. The van der Waals surface area contributed by atoms with E-state index in [1.54, 1.807) is 6.92 Å². The molecule has 0 aliphatic carbocycles. The summed E-state index contributed by atoms with van der Waals surface area (Å²) in [7, 11) is -4.33. The Morgan fingerprint density at radius 1 is 1.12 bits per heavy atom. The van der Waals surface area contributed by atoms with Gasteiger partial charge in [-0.05, 0) is 65.7 Å². The molecule has 6 nitrogen and oxygen atoms in total. The van der Waals surface area contributed by atoms with Crippen molar-refractivity contribution < 1.29 is 35.5 Å². The minimum atomic E-state index is -4.89. The number of ketones is 1. The number of benzene rings is 1. The van der Waals surface area contributed by atoms with Crippen molar-refractivity contribution in [1.82, 2.24) is 9.97 Å². The molecule has 0 amide bonds. The molecule has 0 atom stereocenters. The minimum absolute atomic E-state index is 0.0432. The third kappa shape index (κ3) is 6.27. The van der Waals surface area contributed by atoms with Gasteiger partial charge in [0, 0.05) is 12.0 Å². The predicted octanol–water partition coefficient (Wildman–Crippen LogP) is 5.34. The van der Waals surface area contributed by atoms with E-state index in [1.165, 1.54) is 20.2 Å². The minimum Gasteiger partial charge on any atom is -0.475 e. The summed E-state index contributed by atoms with van der Waals surface area (Å²) in [5.74, 6) is -1.37. The van der Waals surface area contributed by atoms with Crippen LogP contribution in [0, 0.1) is 12.7 Å². The van der Waals surface area contributed by atoms with Crippen LogP contribution in [0.4, 0.5) is 17.6 Å². The fourth-order valence-corrected chi connectivity index (χ4v) is 4.79. The zero-order chi connectivity index (χ0) is 25.2. The first-order valence-corrected chi connectivity index (χ1v) is 11.7. The van der Waals surface area contributed by atoms with Crippen LogP contribution in [-0.4, -0.2) is 35.0 Å². The SMILES string of the molecule is Cc1c(OC(C)C)ncnc1C(=O)CCCC(C)(C)S(=O)(=O)c1cc(F)cc(C(F)(F)F)c1. The Kier molecular flexibility index (Phi) is 7.88. The molecule has 0 saturated heterocycles. The Balaban J connectivity index is 2.17. The van der Waals surface area contributed by atoms with Crippen molar-refractivity contribution in [3.05, 3.63) is 47.2 Å². The van der Waals surface area contributed by atoms with Crippen molar-refractivity contribution in [3.8, 4) is 5.88 Å². The molecule has 0 bridgehead atoms. The number of sulfone groups is 1. The number of nitrogens with zero attached hydrogens (tertiary/aromatic N) is 2. The van der Waals surface area contributed by atoms with Gasteiger partial charge >= 0.3 is 6.18 Å². The Labute approximate surface area is 190 Å². The molecule has 0 aliphatic rings. The third-order valence-corrected chi connectivity index (χ3v) is 7.58. The van der Waals surface area contributed by atoms with Crippen LogP contribution in [0.25, 0.3) is 0 Å². The molecule has 0 unspecified atom stereocenters. The van der Waals surface area contributed by atoms with Crippen LogP contribution in [0.2, 0.25) is 0 Å². The van der Waals surface area contributed by atoms with E-state index in [1.807, 2.05) is 13.8 Å². The summed E-state index contributed by atoms with van der Waals surface area (Å²) >= 11 is 0. The lowest BCUT2D eigenvalue weighted by molar-refractivity contribution is -0.137. The lowest BCUT2D eigenvalue weighted by Crippen LogP contribution is -2.32. The lowest BCUT2D eigenvalue weighted by atomic mass is 10.0. The Morgan fingerprint density at radius 3 is 2.33 bits per heavy atom. The van der Waals surface area contributed by atoms with Gasteiger partial charge in [0.2, 0.25) is 5.88 Å². The number of hydrogen-bond acceptors (Lipinski definition) is 6. The second-order valence-corrected chi connectivity index (χ2v) is 11.1. The normalized spacial score (nSPS) is 12.8. The maximum atomic E-state index is 13.7. The Morgan fingerprint density at radius 2 is 1.76 bits per heavy atom. The second-order valence-electron chi connectivity index (χ2n) is 8.53. The van der Waals surface area contributed by atoms with E-state index in [9.17, 15) is 30.8 Å². The second kappa shape index (κ2) is 9.74. The average molecular weight is 491 g/mol. The molecule has 1 aromatic heterocycles. The number of hydrogen-bond donors (Lipinski definition) is 0.